The van der Waals surface area contributed by atoms with Crippen LogP contribution in [0.4, 0.5) is 0 Å². The number of nitrogens with zero attached hydrogens (tertiary/aromatic N) is 4. The first-order chi connectivity index (χ1) is 9.56. The van der Waals surface area contributed by atoms with Gasteiger partial charge in [0.15, 0.2) is 0 Å². The van der Waals surface area contributed by atoms with Crippen LogP contribution in [0.3, 0.4) is 0 Å². The Balaban J connectivity index is 2.08. The third-order valence-corrected chi connectivity index (χ3v) is 5.99. The lowest BCUT2D eigenvalue weighted by Gasteiger charge is -2.48. The second kappa shape index (κ2) is 5.80. The number of rotatable bonds is 4. The molecule has 4 nitrogen and oxygen atoms in total. The van der Waals surface area contributed by atoms with E-state index in [0.29, 0.717) is 12.3 Å². The second-order valence-corrected chi connectivity index (χ2v) is 8.41. The molecule has 2 aliphatic rings. The first kappa shape index (κ1) is 17.2. The van der Waals surface area contributed by atoms with E-state index in [-0.39, 0.29) is 11.1 Å². The van der Waals surface area contributed by atoms with Gasteiger partial charge in [0, 0.05) is 37.3 Å². The Labute approximate surface area is 132 Å². The predicted octanol–water partition coefficient (Wildman–Crippen LogP) is 2.12. The van der Waals surface area contributed by atoms with E-state index in [1.54, 1.807) is 0 Å². The highest BCUT2D eigenvalue weighted by atomic mass is 15.4. The highest BCUT2D eigenvalue weighted by Gasteiger charge is 2.44. The maximum atomic E-state index is 2.68. The predicted molar refractivity (Wildman–Crippen MR) is 90.4 cm³/mol. The number of likely N-dealkylation sites (N-methyl/N-ethyl adjacent to an activating group) is 2. The highest BCUT2D eigenvalue weighted by Crippen LogP contribution is 2.35. The molecule has 2 heterocycles. The highest BCUT2D eigenvalue weighted by molar-refractivity contribution is 4.98. The van der Waals surface area contributed by atoms with Crippen LogP contribution in [0.15, 0.2) is 0 Å². The van der Waals surface area contributed by atoms with Crippen LogP contribution in [0.1, 0.15) is 48.0 Å². The molecule has 2 saturated heterocycles. The minimum atomic E-state index is 0.231. The number of hydrogen-bond donors (Lipinski definition) is 0. The summed E-state index contributed by atoms with van der Waals surface area (Å²) in [6, 6.07) is 0. The smallest absolute Gasteiger partial charge is 0.0596 e. The Kier molecular flexibility index (Phi) is 4.75. The molecule has 0 bridgehead atoms. The van der Waals surface area contributed by atoms with Crippen LogP contribution < -0.4 is 0 Å². The fourth-order valence-corrected chi connectivity index (χ4v) is 4.63. The van der Waals surface area contributed by atoms with E-state index in [2.05, 4.69) is 75.2 Å². The van der Waals surface area contributed by atoms with Gasteiger partial charge in [0.2, 0.25) is 0 Å². The van der Waals surface area contributed by atoms with Crippen LogP contribution in [-0.4, -0.2) is 83.3 Å². The molecule has 0 aromatic carbocycles. The average Bonchev–Trinajstić information content (AvgIpc) is 2.84. The third-order valence-electron chi connectivity index (χ3n) is 5.99. The molecule has 0 saturated carbocycles. The van der Waals surface area contributed by atoms with Crippen molar-refractivity contribution in [1.29, 1.82) is 0 Å². The summed E-state index contributed by atoms with van der Waals surface area (Å²) in [5.41, 5.74) is 0.461. The van der Waals surface area contributed by atoms with Gasteiger partial charge in [-0.05, 0) is 62.1 Å². The Morgan fingerprint density at radius 1 is 0.714 bits per heavy atom. The van der Waals surface area contributed by atoms with Crippen molar-refractivity contribution in [1.82, 2.24) is 19.6 Å². The molecule has 0 aliphatic carbocycles. The fourth-order valence-electron chi connectivity index (χ4n) is 4.63. The summed E-state index contributed by atoms with van der Waals surface area (Å²) < 4.78 is 0. The molecule has 4 heteroatoms. The standard InChI is InChI=1S/C17H36N4/c1-14-18(7)9-11-20(14)16(3,4)13-17(5,6)21-12-10-19(8)15(21)2/h14-15H,9-13H2,1-8H3. The van der Waals surface area contributed by atoms with Gasteiger partial charge in [-0.25, -0.2) is 0 Å². The molecule has 124 valence electrons. The lowest BCUT2D eigenvalue weighted by atomic mass is 9.84. The van der Waals surface area contributed by atoms with Crippen LogP contribution >= 0.6 is 0 Å². The summed E-state index contributed by atoms with van der Waals surface area (Å²) in [6.45, 7) is 19.1. The van der Waals surface area contributed by atoms with Crippen molar-refractivity contribution in [2.75, 3.05) is 40.3 Å². The zero-order valence-corrected chi connectivity index (χ0v) is 15.5. The minimum absolute atomic E-state index is 0.231. The Morgan fingerprint density at radius 2 is 1.05 bits per heavy atom. The largest absolute Gasteiger partial charge is 0.290 e. The van der Waals surface area contributed by atoms with Gasteiger partial charge in [0.05, 0.1) is 12.3 Å². The molecular formula is C17H36N4. The van der Waals surface area contributed by atoms with Crippen molar-refractivity contribution in [3.05, 3.63) is 0 Å². The van der Waals surface area contributed by atoms with Crippen molar-refractivity contribution in [2.45, 2.75) is 71.4 Å². The van der Waals surface area contributed by atoms with Crippen LogP contribution in [0.5, 0.6) is 0 Å². The van der Waals surface area contributed by atoms with Gasteiger partial charge in [-0.2, -0.15) is 0 Å². The van der Waals surface area contributed by atoms with Crippen LogP contribution in [0, 0.1) is 0 Å². The monoisotopic (exact) mass is 296 g/mol. The Hall–Kier alpha value is -0.160. The number of hydrogen-bond acceptors (Lipinski definition) is 4. The summed E-state index contributed by atoms with van der Waals surface area (Å²) >= 11 is 0. The van der Waals surface area contributed by atoms with E-state index in [1.165, 1.54) is 32.6 Å². The summed E-state index contributed by atoms with van der Waals surface area (Å²) in [5.74, 6) is 0. The zero-order chi connectivity index (χ0) is 16.0. The average molecular weight is 297 g/mol. The quantitative estimate of drug-likeness (QED) is 0.788. The van der Waals surface area contributed by atoms with Crippen LogP contribution in [0.25, 0.3) is 0 Å². The van der Waals surface area contributed by atoms with E-state index in [1.807, 2.05) is 0 Å². The van der Waals surface area contributed by atoms with E-state index in [9.17, 15) is 0 Å². The zero-order valence-electron chi connectivity index (χ0n) is 15.5. The molecule has 21 heavy (non-hydrogen) atoms. The van der Waals surface area contributed by atoms with Gasteiger partial charge in [-0.1, -0.05) is 0 Å². The SMILES string of the molecule is CC1N(C)CCN1C(C)(C)CC(C)(C)N1CCN(C)C1C. The first-order valence-corrected chi connectivity index (χ1v) is 8.50. The van der Waals surface area contributed by atoms with Crippen molar-refractivity contribution in [2.24, 2.45) is 0 Å². The van der Waals surface area contributed by atoms with Crippen LogP contribution in [-0.2, 0) is 0 Å². The van der Waals surface area contributed by atoms with Crippen molar-refractivity contribution < 1.29 is 0 Å². The molecule has 0 aromatic heterocycles. The van der Waals surface area contributed by atoms with Crippen LogP contribution in [0.2, 0.25) is 0 Å². The molecule has 2 fully saturated rings. The van der Waals surface area contributed by atoms with Crippen molar-refractivity contribution in [3.63, 3.8) is 0 Å². The minimum Gasteiger partial charge on any atom is -0.290 e. The lowest BCUT2D eigenvalue weighted by Crippen LogP contribution is -2.56. The van der Waals surface area contributed by atoms with Gasteiger partial charge in [-0.15, -0.1) is 0 Å². The van der Waals surface area contributed by atoms with E-state index in [0.717, 1.165) is 0 Å². The second-order valence-electron chi connectivity index (χ2n) is 8.41. The molecule has 2 rings (SSSR count). The molecule has 0 radical (unpaired) electrons. The summed E-state index contributed by atoms with van der Waals surface area (Å²) in [4.78, 5) is 10.3. The van der Waals surface area contributed by atoms with Crippen molar-refractivity contribution in [3.8, 4) is 0 Å². The Morgan fingerprint density at radius 3 is 1.29 bits per heavy atom. The molecular weight excluding hydrogens is 260 g/mol. The lowest BCUT2D eigenvalue weighted by molar-refractivity contribution is -0.00262. The van der Waals surface area contributed by atoms with E-state index in [4.69, 9.17) is 0 Å². The van der Waals surface area contributed by atoms with E-state index >= 15 is 0 Å². The molecule has 2 aliphatic heterocycles. The normalized spacial score (nSPS) is 31.4. The topological polar surface area (TPSA) is 13.0 Å². The van der Waals surface area contributed by atoms with Gasteiger partial charge in [0.25, 0.3) is 0 Å². The molecule has 2 unspecified atom stereocenters. The van der Waals surface area contributed by atoms with E-state index < -0.39 is 0 Å². The maximum Gasteiger partial charge on any atom is 0.0596 e. The third kappa shape index (κ3) is 3.29. The maximum absolute atomic E-state index is 2.68. The molecule has 2 atom stereocenters. The molecule has 0 N–H and O–H groups in total. The molecule has 0 aromatic rings. The molecule has 0 amide bonds. The van der Waals surface area contributed by atoms with Gasteiger partial charge >= 0.3 is 0 Å². The molecule has 0 spiro atoms. The first-order valence-electron chi connectivity index (χ1n) is 8.50. The summed E-state index contributed by atoms with van der Waals surface area (Å²) in [7, 11) is 4.48. The van der Waals surface area contributed by atoms with Gasteiger partial charge in [0.1, 0.15) is 0 Å². The summed E-state index contributed by atoms with van der Waals surface area (Å²) in [5, 5.41) is 0. The summed E-state index contributed by atoms with van der Waals surface area (Å²) in [6.07, 6.45) is 2.31. The Bertz CT molecular complexity index is 332. The van der Waals surface area contributed by atoms with Gasteiger partial charge < -0.3 is 0 Å². The van der Waals surface area contributed by atoms with Crippen molar-refractivity contribution >= 4 is 0 Å². The fraction of sp³-hybridized carbons (Fsp3) is 1.00. The van der Waals surface area contributed by atoms with Gasteiger partial charge in [-0.3, -0.25) is 19.6 Å².